The third-order valence-electron chi connectivity index (χ3n) is 6.67. The number of phenolic OH excluding ortho intramolecular Hbond substituents is 2. The number of fused-ring (bicyclic) bond motifs is 1. The molecule has 10 nitrogen and oxygen atoms in total. The van der Waals surface area contributed by atoms with E-state index in [9.17, 15) is 19.8 Å². The highest BCUT2D eigenvalue weighted by Crippen LogP contribution is 2.48. The monoisotopic (exact) mass is 552 g/mol. The summed E-state index contributed by atoms with van der Waals surface area (Å²) in [4.78, 5) is 31.5. The molecule has 0 unspecified atom stereocenters. The third kappa shape index (κ3) is 5.24. The average Bonchev–Trinajstić information content (AvgIpc) is 3.36. The van der Waals surface area contributed by atoms with Gasteiger partial charge >= 0.3 is 0 Å². The van der Waals surface area contributed by atoms with Crippen LogP contribution in [-0.4, -0.2) is 78.6 Å². The van der Waals surface area contributed by atoms with Crippen LogP contribution in [0.15, 0.2) is 47.5 Å². The lowest BCUT2D eigenvalue weighted by Crippen LogP contribution is -2.37. The van der Waals surface area contributed by atoms with Crippen LogP contribution in [0.25, 0.3) is 11.4 Å². The number of ether oxygens (including phenoxy) is 4. The van der Waals surface area contributed by atoms with Gasteiger partial charge in [-0.15, -0.1) is 0 Å². The first-order valence-electron chi connectivity index (χ1n) is 13.3. The maximum absolute atomic E-state index is 14.3. The second-order valence-electron chi connectivity index (χ2n) is 9.79. The number of aromatic hydroxyl groups is 2. The summed E-state index contributed by atoms with van der Waals surface area (Å²) >= 11 is 0. The minimum atomic E-state index is -0.744. The summed E-state index contributed by atoms with van der Waals surface area (Å²) in [6.07, 6.45) is -0.744. The van der Waals surface area contributed by atoms with E-state index in [1.165, 1.54) is 31.3 Å². The number of phenols is 2. The first-order chi connectivity index (χ1) is 19.2. The molecule has 2 N–H and O–H groups in total. The molecule has 40 heavy (non-hydrogen) atoms. The highest BCUT2D eigenvalue weighted by atomic mass is 16.7. The zero-order chi connectivity index (χ0) is 29.1. The molecule has 0 fully saturated rings. The third-order valence-corrected chi connectivity index (χ3v) is 6.67. The number of hydrogen-bond acceptors (Lipinski definition) is 8. The van der Waals surface area contributed by atoms with Crippen LogP contribution in [-0.2, 0) is 19.1 Å². The Kier molecular flexibility index (Phi) is 8.70. The van der Waals surface area contributed by atoms with E-state index in [-0.39, 0.29) is 41.0 Å². The van der Waals surface area contributed by atoms with Crippen molar-refractivity contribution in [1.82, 2.24) is 9.80 Å². The molecule has 0 radical (unpaired) electrons. The Balaban J connectivity index is 1.99. The van der Waals surface area contributed by atoms with Gasteiger partial charge in [0.05, 0.1) is 43.3 Å². The first-order valence-corrected chi connectivity index (χ1v) is 13.3. The molecule has 2 heterocycles. The minimum Gasteiger partial charge on any atom is -0.504 e. The number of carbonyl (C=O) groups is 2. The summed E-state index contributed by atoms with van der Waals surface area (Å²) < 4.78 is 22.4. The normalized spacial score (nSPS) is 15.3. The number of nitrogens with zero attached hydrogens (tertiary/aromatic N) is 2. The van der Waals surface area contributed by atoms with Gasteiger partial charge in [0.25, 0.3) is 11.8 Å². The van der Waals surface area contributed by atoms with Crippen molar-refractivity contribution in [1.29, 1.82) is 0 Å². The van der Waals surface area contributed by atoms with Crippen LogP contribution >= 0.6 is 0 Å². The molecule has 0 bridgehead atoms. The lowest BCUT2D eigenvalue weighted by molar-refractivity contribution is -0.150. The number of rotatable bonds is 12. The number of amides is 2. The van der Waals surface area contributed by atoms with Crippen molar-refractivity contribution in [3.63, 3.8) is 0 Å². The van der Waals surface area contributed by atoms with Crippen molar-refractivity contribution in [3.05, 3.63) is 58.7 Å². The maximum atomic E-state index is 14.3. The van der Waals surface area contributed by atoms with Crippen LogP contribution in [0.5, 0.6) is 23.0 Å². The lowest BCUT2D eigenvalue weighted by atomic mass is 10.0. The predicted octanol–water partition coefficient (Wildman–Crippen LogP) is 3.98. The van der Waals surface area contributed by atoms with Gasteiger partial charge in [0, 0.05) is 30.9 Å². The van der Waals surface area contributed by atoms with E-state index in [0.717, 1.165) is 0 Å². The molecule has 2 aliphatic rings. The fraction of sp³-hybridized carbons (Fsp3) is 0.400. The molecule has 0 saturated carbocycles. The molecule has 2 aromatic carbocycles. The van der Waals surface area contributed by atoms with Crippen molar-refractivity contribution in [2.45, 2.75) is 34.0 Å². The Morgan fingerprint density at radius 2 is 1.25 bits per heavy atom. The highest BCUT2D eigenvalue weighted by Gasteiger charge is 2.49. The van der Waals surface area contributed by atoms with Gasteiger partial charge < -0.3 is 39.0 Å². The van der Waals surface area contributed by atoms with E-state index in [0.29, 0.717) is 53.8 Å². The molecule has 2 amide bonds. The van der Waals surface area contributed by atoms with E-state index < -0.39 is 12.2 Å². The van der Waals surface area contributed by atoms with Gasteiger partial charge in [0.2, 0.25) is 0 Å². The topological polar surface area (TPSA) is 118 Å². The van der Waals surface area contributed by atoms with E-state index >= 15 is 0 Å². The van der Waals surface area contributed by atoms with Gasteiger partial charge in [-0.25, -0.2) is 0 Å². The quantitative estimate of drug-likeness (QED) is 0.300. The standard InChI is InChI=1S/C30H36N2O8/c1-7-39-24(40-8-2)16-32-27(18-9-11-20(33)21(34)13-18)25-26(30(32)36)28(31(29(25)35)15-17(3)4)19-10-12-22(37-5)23(14-19)38-6/h9-14,17,24,33-34H,7-8,15-16H2,1-6H3. The fourth-order valence-corrected chi connectivity index (χ4v) is 5.04. The molecule has 214 valence electrons. The van der Waals surface area contributed by atoms with Crippen molar-refractivity contribution in [3.8, 4) is 23.0 Å². The Labute approximate surface area is 234 Å². The van der Waals surface area contributed by atoms with E-state index in [1.54, 1.807) is 29.2 Å². The van der Waals surface area contributed by atoms with Gasteiger partial charge in [-0.1, -0.05) is 13.8 Å². The van der Waals surface area contributed by atoms with Crippen LogP contribution in [0, 0.1) is 5.92 Å². The molecule has 2 aromatic rings. The van der Waals surface area contributed by atoms with E-state index in [2.05, 4.69) is 0 Å². The fourth-order valence-electron chi connectivity index (χ4n) is 5.04. The molecule has 0 spiro atoms. The van der Waals surface area contributed by atoms with Gasteiger partial charge in [-0.05, 0) is 56.2 Å². The van der Waals surface area contributed by atoms with Crippen molar-refractivity contribution in [2.24, 2.45) is 5.92 Å². The maximum Gasteiger partial charge on any atom is 0.261 e. The number of methoxy groups -OCH3 is 2. The zero-order valence-electron chi connectivity index (χ0n) is 23.7. The predicted molar refractivity (Wildman–Crippen MR) is 148 cm³/mol. The van der Waals surface area contributed by atoms with Gasteiger partial charge in [0.1, 0.15) is 0 Å². The SMILES string of the molecule is CCOC(CN1C(=O)C2=C(c3ccc(OC)c(OC)c3)N(CC(C)C)C(=O)C2=C1c1ccc(O)c(O)c1)OCC. The van der Waals surface area contributed by atoms with Crippen molar-refractivity contribution < 1.29 is 38.7 Å². The molecular weight excluding hydrogens is 516 g/mol. The molecule has 0 aromatic heterocycles. The molecule has 0 aliphatic carbocycles. The Morgan fingerprint density at radius 1 is 0.725 bits per heavy atom. The summed E-state index contributed by atoms with van der Waals surface area (Å²) in [6.45, 7) is 8.75. The molecule has 2 aliphatic heterocycles. The summed E-state index contributed by atoms with van der Waals surface area (Å²) in [6, 6.07) is 9.50. The largest absolute Gasteiger partial charge is 0.504 e. The van der Waals surface area contributed by atoms with Crippen molar-refractivity contribution in [2.75, 3.05) is 40.5 Å². The van der Waals surface area contributed by atoms with Gasteiger partial charge in [-0.3, -0.25) is 9.59 Å². The smallest absolute Gasteiger partial charge is 0.261 e. The Morgan fingerprint density at radius 3 is 1.75 bits per heavy atom. The van der Waals surface area contributed by atoms with Gasteiger partial charge in [0.15, 0.2) is 29.3 Å². The van der Waals surface area contributed by atoms with Crippen LogP contribution in [0.3, 0.4) is 0 Å². The van der Waals surface area contributed by atoms with Crippen LogP contribution in [0.2, 0.25) is 0 Å². The molecular formula is C30H36N2O8. The number of benzene rings is 2. The Bertz CT molecular complexity index is 1360. The molecule has 0 atom stereocenters. The van der Waals surface area contributed by atoms with Crippen molar-refractivity contribution >= 4 is 23.2 Å². The summed E-state index contributed by atoms with van der Waals surface area (Å²) in [7, 11) is 3.06. The van der Waals surface area contributed by atoms with E-state index in [1.807, 2.05) is 27.7 Å². The summed E-state index contributed by atoms with van der Waals surface area (Å²) in [5, 5.41) is 20.3. The zero-order valence-corrected chi connectivity index (χ0v) is 23.7. The average molecular weight is 553 g/mol. The second-order valence-corrected chi connectivity index (χ2v) is 9.79. The summed E-state index contributed by atoms with van der Waals surface area (Å²) in [5.41, 5.74) is 2.25. The molecule has 0 saturated heterocycles. The minimum absolute atomic E-state index is 0.0150. The summed E-state index contributed by atoms with van der Waals surface area (Å²) in [5.74, 6) is -0.335. The lowest BCUT2D eigenvalue weighted by Gasteiger charge is -2.28. The van der Waals surface area contributed by atoms with Crippen LogP contribution < -0.4 is 9.47 Å². The number of hydrogen-bond donors (Lipinski definition) is 2. The van der Waals surface area contributed by atoms with Crippen LogP contribution in [0.1, 0.15) is 38.8 Å². The van der Waals surface area contributed by atoms with Crippen LogP contribution in [0.4, 0.5) is 0 Å². The first kappa shape index (κ1) is 29.0. The van der Waals surface area contributed by atoms with Gasteiger partial charge in [-0.2, -0.15) is 0 Å². The Hall–Kier alpha value is -4.02. The molecule has 10 heteroatoms. The van der Waals surface area contributed by atoms with E-state index in [4.69, 9.17) is 18.9 Å². The molecule has 4 rings (SSSR count). The number of carbonyl (C=O) groups excluding carboxylic acids is 2. The second kappa shape index (κ2) is 12.0. The highest BCUT2D eigenvalue weighted by molar-refractivity contribution is 6.30.